The number of amides is 1. The molecule has 0 bridgehead atoms. The van der Waals surface area contributed by atoms with Crippen LogP contribution in [0.15, 0.2) is 97.6 Å². The lowest BCUT2D eigenvalue weighted by Gasteiger charge is -2.29. The number of carbonyl (C=O) groups excluding carboxylic acids is 1. The van der Waals surface area contributed by atoms with Gasteiger partial charge in [-0.05, 0) is 75.2 Å². The highest BCUT2D eigenvalue weighted by atomic mass is 35.5. The van der Waals surface area contributed by atoms with Gasteiger partial charge in [-0.3, -0.25) is 24.3 Å². The summed E-state index contributed by atoms with van der Waals surface area (Å²) in [7, 11) is 0. The smallest absolute Gasteiger partial charge is 0.271 e. The van der Waals surface area contributed by atoms with E-state index in [1.54, 1.807) is 40.7 Å². The Bertz CT molecular complexity index is 1930. The fourth-order valence-electron chi connectivity index (χ4n) is 4.97. The maximum absolute atomic E-state index is 14.1. The van der Waals surface area contributed by atoms with Crippen molar-refractivity contribution in [1.82, 2.24) is 9.47 Å². The monoisotopic (exact) mass is 632 g/mol. The molecule has 0 spiro atoms. The van der Waals surface area contributed by atoms with Crippen LogP contribution < -0.4 is 14.9 Å². The lowest BCUT2D eigenvalue weighted by atomic mass is 9.94. The first-order valence-electron chi connectivity index (χ1n) is 13.7. The molecule has 11 heteroatoms. The summed E-state index contributed by atoms with van der Waals surface area (Å²) in [6.45, 7) is 8.64. The molecule has 1 aromatic heterocycles. The van der Waals surface area contributed by atoms with E-state index in [4.69, 9.17) is 16.6 Å². The Morgan fingerprint density at radius 1 is 1.09 bits per heavy atom. The number of non-ortho nitro benzene ring substituents is 1. The molecule has 43 heavy (non-hydrogen) atoms. The molecule has 2 heterocycles. The fourth-order valence-corrected chi connectivity index (χ4v) is 7.03. The number of allylic oxidation sites excluding steroid dienone is 1. The van der Waals surface area contributed by atoms with E-state index < -0.39 is 11.0 Å². The van der Waals surface area contributed by atoms with Gasteiger partial charge < -0.3 is 4.90 Å². The van der Waals surface area contributed by atoms with E-state index in [2.05, 4.69) is 0 Å². The van der Waals surface area contributed by atoms with E-state index >= 15 is 0 Å². The van der Waals surface area contributed by atoms with Crippen molar-refractivity contribution in [2.75, 3.05) is 13.1 Å². The number of aromatic nitrogens is 1. The molecule has 4 aromatic rings. The van der Waals surface area contributed by atoms with Crippen molar-refractivity contribution in [3.8, 4) is 0 Å². The number of hydrogen-bond acceptors (Lipinski definition) is 7. The summed E-state index contributed by atoms with van der Waals surface area (Å²) in [5, 5.41) is 12.2. The molecule has 0 radical (unpaired) electrons. The van der Waals surface area contributed by atoms with Crippen molar-refractivity contribution in [2.45, 2.75) is 43.5 Å². The quantitative estimate of drug-likeness (QED) is 0.172. The van der Waals surface area contributed by atoms with Crippen LogP contribution in [-0.2, 0) is 4.79 Å². The summed E-state index contributed by atoms with van der Waals surface area (Å²) in [4.78, 5) is 47.7. The van der Waals surface area contributed by atoms with Gasteiger partial charge in [-0.1, -0.05) is 64.5 Å². The van der Waals surface area contributed by atoms with E-state index in [0.717, 1.165) is 20.9 Å². The maximum atomic E-state index is 14.1. The van der Waals surface area contributed by atoms with Gasteiger partial charge in [-0.2, -0.15) is 0 Å². The second-order valence-corrected chi connectivity index (χ2v) is 12.6. The second-order valence-electron chi connectivity index (χ2n) is 10.0. The highest BCUT2D eigenvalue weighted by molar-refractivity contribution is 7.99. The summed E-state index contributed by atoms with van der Waals surface area (Å²) in [5.74, 6) is -0.184. The first kappa shape index (κ1) is 30.5. The van der Waals surface area contributed by atoms with Crippen LogP contribution in [0, 0.1) is 17.0 Å². The third-order valence-corrected chi connectivity index (χ3v) is 9.56. The van der Waals surface area contributed by atoms with Crippen LogP contribution in [0.25, 0.3) is 6.08 Å². The summed E-state index contributed by atoms with van der Waals surface area (Å²) in [6, 6.07) is 19.0. The van der Waals surface area contributed by atoms with Gasteiger partial charge in [-0.25, -0.2) is 4.99 Å². The Balaban J connectivity index is 1.70. The number of nitro benzene ring substituents is 1. The molecule has 1 aliphatic rings. The predicted octanol–water partition coefficient (Wildman–Crippen LogP) is 6.12. The van der Waals surface area contributed by atoms with Crippen molar-refractivity contribution in [1.29, 1.82) is 0 Å². The zero-order chi connectivity index (χ0) is 30.8. The fraction of sp³-hybridized carbons (Fsp3) is 0.219. The number of likely N-dealkylation sites (N-methyl/N-ethyl adjacent to an activating group) is 1. The predicted molar refractivity (Wildman–Crippen MR) is 172 cm³/mol. The summed E-state index contributed by atoms with van der Waals surface area (Å²) < 4.78 is 1.90. The van der Waals surface area contributed by atoms with Gasteiger partial charge >= 0.3 is 0 Å². The van der Waals surface area contributed by atoms with Crippen LogP contribution >= 0.6 is 34.7 Å². The Labute approximate surface area is 261 Å². The molecule has 5 rings (SSSR count). The first-order chi connectivity index (χ1) is 20.6. The lowest BCUT2D eigenvalue weighted by Crippen LogP contribution is -2.43. The maximum Gasteiger partial charge on any atom is 0.271 e. The van der Waals surface area contributed by atoms with Crippen LogP contribution in [0.5, 0.6) is 0 Å². The molecule has 0 N–H and O–H groups in total. The summed E-state index contributed by atoms with van der Waals surface area (Å²) >= 11 is 8.84. The molecule has 220 valence electrons. The number of rotatable bonds is 8. The van der Waals surface area contributed by atoms with E-state index in [9.17, 15) is 19.7 Å². The Hall–Kier alpha value is -3.99. The van der Waals surface area contributed by atoms with Crippen LogP contribution in [-0.4, -0.2) is 33.4 Å². The van der Waals surface area contributed by atoms with Gasteiger partial charge in [0.15, 0.2) is 4.80 Å². The number of thiazole rings is 1. The number of halogens is 1. The molecular weight excluding hydrogens is 604 g/mol. The number of aryl methyl sites for hydroxylation is 1. The highest BCUT2D eigenvalue weighted by Gasteiger charge is 2.34. The van der Waals surface area contributed by atoms with Crippen LogP contribution in [0.1, 0.15) is 43.5 Å². The van der Waals surface area contributed by atoms with Crippen LogP contribution in [0.2, 0.25) is 5.02 Å². The molecular formula is C32H29ClN4O4S2. The molecule has 1 amide bonds. The number of carbonyl (C=O) groups is 1. The molecule has 0 fully saturated rings. The summed E-state index contributed by atoms with van der Waals surface area (Å²) in [5.41, 5.74) is 2.95. The first-order valence-corrected chi connectivity index (χ1v) is 15.7. The number of nitro groups is 1. The van der Waals surface area contributed by atoms with Crippen molar-refractivity contribution in [3.05, 3.63) is 130 Å². The van der Waals surface area contributed by atoms with Crippen molar-refractivity contribution in [3.63, 3.8) is 0 Å². The minimum atomic E-state index is -0.713. The van der Waals surface area contributed by atoms with Gasteiger partial charge in [0.05, 0.1) is 26.8 Å². The van der Waals surface area contributed by atoms with Crippen molar-refractivity contribution < 1.29 is 9.72 Å². The number of hydrogen-bond donors (Lipinski definition) is 0. The molecule has 3 aromatic carbocycles. The minimum Gasteiger partial charge on any atom is -0.339 e. The van der Waals surface area contributed by atoms with Crippen molar-refractivity contribution >= 4 is 52.4 Å². The number of benzene rings is 3. The largest absolute Gasteiger partial charge is 0.339 e. The van der Waals surface area contributed by atoms with Gasteiger partial charge in [0.25, 0.3) is 17.2 Å². The molecule has 0 saturated carbocycles. The van der Waals surface area contributed by atoms with E-state index in [-0.39, 0.29) is 17.2 Å². The number of fused-ring (bicyclic) bond motifs is 1. The third-order valence-electron chi connectivity index (χ3n) is 7.23. The Kier molecular flexibility index (Phi) is 9.00. The topological polar surface area (TPSA) is 97.8 Å². The molecule has 0 aliphatic carbocycles. The molecule has 1 atom stereocenters. The standard InChI is InChI=1S/C32H29ClN4O4S2/c1-5-35(6-2)31(39)28-20(4)34-32-36(29(28)21-9-11-23(33)12-10-21)30(38)27(43-32)18-22-17-24(37(40)41)13-16-26(22)42-25-14-7-19(3)8-15-25/h7-18,29H,5-6H2,1-4H3/b27-18-/t29-/m1/s1. The normalized spacial score (nSPS) is 14.8. The van der Waals surface area contributed by atoms with Gasteiger partial charge in [0.1, 0.15) is 0 Å². The van der Waals surface area contributed by atoms with Crippen molar-refractivity contribution in [2.24, 2.45) is 4.99 Å². The Morgan fingerprint density at radius 3 is 2.40 bits per heavy atom. The van der Waals surface area contributed by atoms with Gasteiger partial charge in [0.2, 0.25) is 0 Å². The molecule has 1 aliphatic heterocycles. The average molecular weight is 633 g/mol. The second kappa shape index (κ2) is 12.7. The minimum absolute atomic E-state index is 0.0747. The highest BCUT2D eigenvalue weighted by Crippen LogP contribution is 2.34. The summed E-state index contributed by atoms with van der Waals surface area (Å²) in [6.07, 6.45) is 1.68. The van der Waals surface area contributed by atoms with Crippen LogP contribution in [0.4, 0.5) is 5.69 Å². The zero-order valence-electron chi connectivity index (χ0n) is 24.0. The zero-order valence-corrected chi connectivity index (χ0v) is 26.4. The third kappa shape index (κ3) is 6.22. The van der Waals surface area contributed by atoms with Gasteiger partial charge in [0, 0.05) is 40.0 Å². The van der Waals surface area contributed by atoms with E-state index in [1.807, 2.05) is 57.2 Å². The number of nitrogens with zero attached hydrogens (tertiary/aromatic N) is 4. The van der Waals surface area contributed by atoms with Gasteiger partial charge in [-0.15, -0.1) is 0 Å². The van der Waals surface area contributed by atoms with E-state index in [0.29, 0.717) is 44.3 Å². The Morgan fingerprint density at radius 2 is 1.77 bits per heavy atom. The molecule has 8 nitrogen and oxygen atoms in total. The lowest BCUT2D eigenvalue weighted by molar-refractivity contribution is -0.384. The SMILES string of the molecule is CCN(CC)C(=O)C1=C(C)N=c2s/c(=C\c3cc([N+](=O)[O-])ccc3Sc3ccc(C)cc3)c(=O)n2[C@@H]1c1ccc(Cl)cc1. The molecule has 0 unspecified atom stereocenters. The molecule has 0 saturated heterocycles. The van der Waals surface area contributed by atoms with Crippen LogP contribution in [0.3, 0.4) is 0 Å². The van der Waals surface area contributed by atoms with E-state index in [1.165, 1.54) is 35.2 Å². The average Bonchev–Trinajstić information content (AvgIpc) is 3.29.